The molecule has 0 saturated heterocycles. The van der Waals surface area contributed by atoms with Gasteiger partial charge in [0.25, 0.3) is 0 Å². The molecule has 2 aliphatic carbocycles. The van der Waals surface area contributed by atoms with Gasteiger partial charge in [0.15, 0.2) is 0 Å². The van der Waals surface area contributed by atoms with Gasteiger partial charge in [0.2, 0.25) is 11.7 Å². The quantitative estimate of drug-likeness (QED) is 0.432. The molecule has 5 atom stereocenters. The molecule has 8 heteroatoms. The number of isocyanates is 1. The number of hydrogen-bond acceptors (Lipinski definition) is 7. The Morgan fingerprint density at radius 1 is 1.38 bits per heavy atom. The lowest BCUT2D eigenvalue weighted by Gasteiger charge is -2.24. The Hall–Kier alpha value is -1.79. The van der Waals surface area contributed by atoms with E-state index in [0.717, 1.165) is 0 Å². The maximum Gasteiger partial charge on any atom is 0.346 e. The Labute approximate surface area is 120 Å². The Bertz CT molecular complexity index is 519. The van der Waals surface area contributed by atoms with Crippen LogP contribution in [-0.4, -0.2) is 53.7 Å². The van der Waals surface area contributed by atoms with Crippen molar-refractivity contribution in [3.8, 4) is 0 Å². The van der Waals surface area contributed by atoms with Crippen LogP contribution in [0.1, 0.15) is 20.3 Å². The number of aliphatic hydroxyl groups is 1. The fourth-order valence-corrected chi connectivity index (χ4v) is 3.39. The van der Waals surface area contributed by atoms with E-state index >= 15 is 0 Å². The second-order valence-corrected chi connectivity index (χ2v) is 5.05. The van der Waals surface area contributed by atoms with Crippen LogP contribution in [0.25, 0.3) is 0 Å². The van der Waals surface area contributed by atoms with Crippen LogP contribution in [0.3, 0.4) is 0 Å². The molecule has 0 heterocycles. The number of fused-ring (bicyclic) bond motifs is 1. The zero-order chi connectivity index (χ0) is 15.8. The first-order valence-corrected chi connectivity index (χ1v) is 6.71. The number of aliphatic imine (C=N–C) groups is 1. The van der Waals surface area contributed by atoms with Crippen LogP contribution in [-0.2, 0) is 23.9 Å². The van der Waals surface area contributed by atoms with E-state index in [1.807, 2.05) is 0 Å². The smallest absolute Gasteiger partial charge is 0.346 e. The fourth-order valence-electron chi connectivity index (χ4n) is 3.39. The van der Waals surface area contributed by atoms with Crippen LogP contribution < -0.4 is 0 Å². The molecule has 2 fully saturated rings. The Morgan fingerprint density at radius 3 is 2.52 bits per heavy atom. The van der Waals surface area contributed by atoms with Crippen molar-refractivity contribution in [3.63, 3.8) is 0 Å². The summed E-state index contributed by atoms with van der Waals surface area (Å²) in [5.74, 6) is -4.58. The molecule has 0 aromatic heterocycles. The minimum Gasteiger partial charge on any atom is -0.466 e. The maximum atomic E-state index is 15.0. The number of hydrogen-bond donors (Lipinski definition) is 1. The van der Waals surface area contributed by atoms with Gasteiger partial charge in [0.1, 0.15) is 11.5 Å². The number of carbonyl (C=O) groups is 2. The normalized spacial score (nSPS) is 39.9. The molecule has 2 aliphatic rings. The number of nitrogens with zero attached hydrogens (tertiary/aromatic N) is 1. The van der Waals surface area contributed by atoms with Crippen molar-refractivity contribution < 1.29 is 33.4 Å². The molecular formula is C13H16FNO6. The number of halogens is 1. The van der Waals surface area contributed by atoms with Crippen molar-refractivity contribution in [2.45, 2.75) is 37.6 Å². The molecule has 0 amide bonds. The Kier molecular flexibility index (Phi) is 3.86. The average Bonchev–Trinajstić information content (AvgIpc) is 2.77. The first-order chi connectivity index (χ1) is 9.91. The summed E-state index contributed by atoms with van der Waals surface area (Å²) in [5.41, 5.74) is -4.57. The van der Waals surface area contributed by atoms with Crippen molar-refractivity contribution in [3.05, 3.63) is 0 Å². The molecule has 0 aromatic carbocycles. The van der Waals surface area contributed by atoms with Gasteiger partial charge in [-0.15, -0.1) is 0 Å². The SMILES string of the molecule is CCOC(=O)C1C(O)CC2C(F)(C(=O)OCC)C12N=C=O. The summed E-state index contributed by atoms with van der Waals surface area (Å²) in [4.78, 5) is 37.8. The van der Waals surface area contributed by atoms with Crippen molar-refractivity contribution in [2.24, 2.45) is 16.8 Å². The monoisotopic (exact) mass is 301 g/mol. The average molecular weight is 301 g/mol. The van der Waals surface area contributed by atoms with Crippen molar-refractivity contribution in [1.29, 1.82) is 0 Å². The van der Waals surface area contributed by atoms with Gasteiger partial charge in [-0.2, -0.15) is 4.99 Å². The number of ether oxygens (including phenoxy) is 2. The van der Waals surface area contributed by atoms with Crippen LogP contribution in [0.4, 0.5) is 4.39 Å². The Balaban J connectivity index is 2.41. The lowest BCUT2D eigenvalue weighted by atomic mass is 9.91. The largest absolute Gasteiger partial charge is 0.466 e. The minimum absolute atomic E-state index is 0.0201. The third kappa shape index (κ3) is 1.82. The number of aliphatic hydroxyl groups excluding tert-OH is 1. The molecule has 2 saturated carbocycles. The highest BCUT2D eigenvalue weighted by Crippen LogP contribution is 2.71. The van der Waals surface area contributed by atoms with E-state index < -0.39 is 41.1 Å². The van der Waals surface area contributed by atoms with Gasteiger partial charge in [0.05, 0.1) is 19.3 Å². The molecule has 5 unspecified atom stereocenters. The summed E-state index contributed by atoms with van der Waals surface area (Å²) in [5, 5.41) is 9.91. The number of rotatable bonds is 5. The Morgan fingerprint density at radius 2 is 2.00 bits per heavy atom. The summed E-state index contributed by atoms with van der Waals surface area (Å²) in [6.07, 6.45) is -0.209. The van der Waals surface area contributed by atoms with Gasteiger partial charge in [0, 0.05) is 5.92 Å². The van der Waals surface area contributed by atoms with E-state index in [1.54, 1.807) is 6.92 Å². The zero-order valence-electron chi connectivity index (χ0n) is 11.7. The summed E-state index contributed by atoms with van der Waals surface area (Å²) >= 11 is 0. The third-order valence-corrected chi connectivity index (χ3v) is 4.19. The standard InChI is InChI=1S/C13H16FNO6/c1-3-20-10(18)9-7(17)5-8-12(14,11(19)21-4-2)13(8,9)15-6-16/h7-9,17H,3-5H2,1-2H3. The zero-order valence-corrected chi connectivity index (χ0v) is 11.7. The topological polar surface area (TPSA) is 102 Å². The van der Waals surface area contributed by atoms with Crippen LogP contribution in [0.5, 0.6) is 0 Å². The molecule has 0 aromatic rings. The van der Waals surface area contributed by atoms with Crippen molar-refractivity contribution in [1.82, 2.24) is 0 Å². The van der Waals surface area contributed by atoms with E-state index in [1.165, 1.54) is 13.0 Å². The first kappa shape index (κ1) is 15.6. The molecule has 0 radical (unpaired) electrons. The second kappa shape index (κ2) is 5.20. The van der Waals surface area contributed by atoms with Gasteiger partial charge >= 0.3 is 11.9 Å². The van der Waals surface area contributed by atoms with Gasteiger partial charge in [-0.05, 0) is 20.3 Å². The highest BCUT2D eigenvalue weighted by molar-refractivity contribution is 5.93. The number of alkyl halides is 1. The van der Waals surface area contributed by atoms with Gasteiger partial charge < -0.3 is 14.6 Å². The van der Waals surface area contributed by atoms with Crippen molar-refractivity contribution >= 4 is 18.0 Å². The van der Waals surface area contributed by atoms with Gasteiger partial charge in [-0.3, -0.25) is 4.79 Å². The van der Waals surface area contributed by atoms with E-state index in [0.29, 0.717) is 0 Å². The summed E-state index contributed by atoms with van der Waals surface area (Å²) in [6.45, 7) is 3.02. The second-order valence-electron chi connectivity index (χ2n) is 5.05. The molecule has 2 rings (SSSR count). The maximum absolute atomic E-state index is 15.0. The number of esters is 2. The van der Waals surface area contributed by atoms with Gasteiger partial charge in [-0.25, -0.2) is 14.0 Å². The summed E-state index contributed by atoms with van der Waals surface area (Å²) < 4.78 is 24.4. The molecular weight excluding hydrogens is 285 g/mol. The summed E-state index contributed by atoms with van der Waals surface area (Å²) in [7, 11) is 0. The van der Waals surface area contributed by atoms with Gasteiger partial charge in [-0.1, -0.05) is 0 Å². The predicted octanol–water partition coefficient (Wildman–Crippen LogP) is -0.0939. The molecule has 0 bridgehead atoms. The number of carbonyl (C=O) groups excluding carboxylic acids is 3. The van der Waals surface area contributed by atoms with Crippen LogP contribution in [0.2, 0.25) is 0 Å². The third-order valence-electron chi connectivity index (χ3n) is 4.19. The molecule has 21 heavy (non-hydrogen) atoms. The fraction of sp³-hybridized carbons (Fsp3) is 0.769. The van der Waals surface area contributed by atoms with Crippen molar-refractivity contribution in [2.75, 3.05) is 13.2 Å². The first-order valence-electron chi connectivity index (χ1n) is 6.71. The van der Waals surface area contributed by atoms with E-state index in [4.69, 9.17) is 4.74 Å². The molecule has 1 N–H and O–H groups in total. The van der Waals surface area contributed by atoms with E-state index in [9.17, 15) is 23.9 Å². The molecule has 116 valence electrons. The molecule has 0 spiro atoms. The molecule has 7 nitrogen and oxygen atoms in total. The highest BCUT2D eigenvalue weighted by atomic mass is 19.1. The lowest BCUT2D eigenvalue weighted by Crippen LogP contribution is -2.45. The van der Waals surface area contributed by atoms with Crippen LogP contribution in [0, 0.1) is 11.8 Å². The summed E-state index contributed by atoms with van der Waals surface area (Å²) in [6, 6.07) is 0. The van der Waals surface area contributed by atoms with Crippen LogP contribution >= 0.6 is 0 Å². The van der Waals surface area contributed by atoms with Crippen LogP contribution in [0.15, 0.2) is 4.99 Å². The van der Waals surface area contributed by atoms with E-state index in [2.05, 4.69) is 9.73 Å². The lowest BCUT2D eigenvalue weighted by molar-refractivity contribution is -0.158. The van der Waals surface area contributed by atoms with E-state index in [-0.39, 0.29) is 19.6 Å². The minimum atomic E-state index is -2.60. The highest BCUT2D eigenvalue weighted by Gasteiger charge is 2.92. The predicted molar refractivity (Wildman–Crippen MR) is 65.6 cm³/mol. The molecule has 0 aliphatic heterocycles.